The summed E-state index contributed by atoms with van der Waals surface area (Å²) in [6.07, 6.45) is 2.03. The predicted octanol–water partition coefficient (Wildman–Crippen LogP) is 8.61. The van der Waals surface area contributed by atoms with Crippen LogP contribution in [0.1, 0.15) is 26.3 Å². The van der Waals surface area contributed by atoms with Crippen molar-refractivity contribution in [2.24, 2.45) is 4.99 Å². The van der Waals surface area contributed by atoms with Crippen LogP contribution >= 0.6 is 23.2 Å². The van der Waals surface area contributed by atoms with Crippen LogP contribution in [0.3, 0.4) is 0 Å². The molecular weight excluding hydrogens is 587 g/mol. The number of phenols is 1. The molecule has 224 valence electrons. The van der Waals surface area contributed by atoms with Gasteiger partial charge in [-0.2, -0.15) is 0 Å². The maximum Gasteiger partial charge on any atom is 0.262 e. The first-order valence-corrected chi connectivity index (χ1v) is 14.7. The molecule has 0 fully saturated rings. The molecule has 3 N–H and O–H groups in total. The largest absolute Gasteiger partial charge is 0.506 e. The summed E-state index contributed by atoms with van der Waals surface area (Å²) in [6.45, 7) is 7.75. The number of aryl methyl sites for hydroxylation is 1. The Labute approximate surface area is 261 Å². The first-order chi connectivity index (χ1) is 20.8. The van der Waals surface area contributed by atoms with Gasteiger partial charge in [-0.15, -0.1) is 0 Å². The van der Waals surface area contributed by atoms with Crippen molar-refractivity contribution >= 4 is 63.9 Å². The summed E-state index contributed by atoms with van der Waals surface area (Å²) in [7, 11) is 0. The summed E-state index contributed by atoms with van der Waals surface area (Å²) in [5.74, 6) is 0.225. The van der Waals surface area contributed by atoms with E-state index >= 15 is 0 Å². The van der Waals surface area contributed by atoms with Gasteiger partial charge in [0.1, 0.15) is 22.9 Å². The molecule has 0 atom stereocenters. The molecule has 0 aliphatic heterocycles. The minimum Gasteiger partial charge on any atom is -0.506 e. The van der Waals surface area contributed by atoms with Crippen LogP contribution in [-0.2, 0) is 11.2 Å². The van der Waals surface area contributed by atoms with Crippen LogP contribution in [0.5, 0.6) is 17.2 Å². The van der Waals surface area contributed by atoms with E-state index in [-0.39, 0.29) is 18.0 Å². The lowest BCUT2D eigenvalue weighted by Gasteiger charge is -2.21. The predicted molar refractivity (Wildman–Crippen MR) is 177 cm³/mol. The molecule has 0 heterocycles. The van der Waals surface area contributed by atoms with Crippen LogP contribution in [-0.4, -0.2) is 37.1 Å². The number of benzene rings is 4. The van der Waals surface area contributed by atoms with Crippen molar-refractivity contribution in [2.75, 3.05) is 35.2 Å². The molecule has 0 bridgehead atoms. The number of carbonyl (C=O) groups is 1. The number of hydrogen-bond donors (Lipinski definition) is 3. The number of ether oxygens (including phenoxy) is 2. The highest BCUT2D eigenvalue weighted by molar-refractivity contribution is 6.32. The second-order valence-corrected chi connectivity index (χ2v) is 10.3. The number of aromatic hydroxyl groups is 1. The van der Waals surface area contributed by atoms with Gasteiger partial charge in [0.2, 0.25) is 0 Å². The molecule has 10 heteroatoms. The molecule has 0 aliphatic rings. The van der Waals surface area contributed by atoms with Gasteiger partial charge in [0.05, 0.1) is 21.4 Å². The van der Waals surface area contributed by atoms with Gasteiger partial charge in [-0.05, 0) is 80.4 Å². The summed E-state index contributed by atoms with van der Waals surface area (Å²) in [5, 5.41) is 17.8. The van der Waals surface area contributed by atoms with Crippen molar-refractivity contribution in [3.8, 4) is 17.2 Å². The molecule has 0 saturated heterocycles. The zero-order valence-corrected chi connectivity index (χ0v) is 25.7. The number of rotatable bonds is 13. The van der Waals surface area contributed by atoms with Gasteiger partial charge in [-0.25, -0.2) is 4.99 Å². The number of para-hydroxylation sites is 1. The summed E-state index contributed by atoms with van der Waals surface area (Å²) in [5.41, 5.74) is 3.98. The van der Waals surface area contributed by atoms with Crippen molar-refractivity contribution in [1.29, 1.82) is 0 Å². The minimum atomic E-state index is -0.437. The molecule has 0 aromatic heterocycles. The van der Waals surface area contributed by atoms with Crippen molar-refractivity contribution in [2.45, 2.75) is 27.2 Å². The van der Waals surface area contributed by atoms with E-state index in [0.29, 0.717) is 32.9 Å². The molecule has 4 aromatic rings. The average Bonchev–Trinajstić information content (AvgIpc) is 3.00. The number of carbonyl (C=O) groups excluding carboxylic acids is 1. The number of aliphatic imine (C=N–C) groups is 1. The van der Waals surface area contributed by atoms with Crippen LogP contribution in [0, 0.1) is 0 Å². The van der Waals surface area contributed by atoms with Gasteiger partial charge < -0.3 is 30.1 Å². The molecule has 0 unspecified atom stereocenters. The van der Waals surface area contributed by atoms with Crippen LogP contribution in [0.15, 0.2) is 83.9 Å². The molecule has 1 amide bonds. The number of halogens is 2. The number of phenolic OH excluding ortho intramolecular Hbond substituents is 1. The Bertz CT molecular complexity index is 1570. The molecule has 4 aromatic carbocycles. The zero-order chi connectivity index (χ0) is 30.8. The van der Waals surface area contributed by atoms with E-state index in [2.05, 4.69) is 34.4 Å². The van der Waals surface area contributed by atoms with E-state index in [4.69, 9.17) is 32.7 Å². The molecule has 0 saturated carbocycles. The van der Waals surface area contributed by atoms with Crippen LogP contribution in [0.4, 0.5) is 28.4 Å². The number of nitrogens with one attached hydrogen (secondary N) is 2. The van der Waals surface area contributed by atoms with Gasteiger partial charge in [-0.1, -0.05) is 48.3 Å². The smallest absolute Gasteiger partial charge is 0.262 e. The molecule has 4 rings (SSSR count). The van der Waals surface area contributed by atoms with Gasteiger partial charge in [0.25, 0.3) is 5.91 Å². The zero-order valence-electron chi connectivity index (χ0n) is 24.2. The Hall–Kier alpha value is -4.40. The van der Waals surface area contributed by atoms with Gasteiger partial charge in [-0.3, -0.25) is 4.79 Å². The lowest BCUT2D eigenvalue weighted by Crippen LogP contribution is -2.21. The Morgan fingerprint density at radius 1 is 0.907 bits per heavy atom. The fraction of sp³-hybridized carbons (Fsp3) is 0.212. The van der Waals surface area contributed by atoms with Crippen molar-refractivity contribution in [3.63, 3.8) is 0 Å². The maximum atomic E-state index is 12.9. The van der Waals surface area contributed by atoms with Crippen molar-refractivity contribution < 1.29 is 19.4 Å². The van der Waals surface area contributed by atoms with E-state index in [1.165, 1.54) is 12.5 Å². The normalized spacial score (nSPS) is 10.9. The van der Waals surface area contributed by atoms with E-state index < -0.39 is 5.91 Å². The summed E-state index contributed by atoms with van der Waals surface area (Å²) in [4.78, 5) is 19.4. The summed E-state index contributed by atoms with van der Waals surface area (Å²) >= 11 is 12.5. The monoisotopic (exact) mass is 620 g/mol. The fourth-order valence-corrected chi connectivity index (χ4v) is 4.72. The van der Waals surface area contributed by atoms with E-state index in [1.807, 2.05) is 43.3 Å². The summed E-state index contributed by atoms with van der Waals surface area (Å²) in [6, 6.07) is 23.4. The third kappa shape index (κ3) is 8.56. The molecule has 8 nitrogen and oxygen atoms in total. The van der Waals surface area contributed by atoms with E-state index in [1.54, 1.807) is 36.4 Å². The Kier molecular flexibility index (Phi) is 11.1. The number of hydrogen-bond acceptors (Lipinski definition) is 7. The fourth-order valence-electron chi connectivity index (χ4n) is 4.28. The second kappa shape index (κ2) is 15.2. The second-order valence-electron chi connectivity index (χ2n) is 9.47. The maximum absolute atomic E-state index is 12.9. The number of amides is 1. The molecule has 43 heavy (non-hydrogen) atoms. The summed E-state index contributed by atoms with van der Waals surface area (Å²) < 4.78 is 11.2. The molecular formula is C33H34Cl2N4O4. The van der Waals surface area contributed by atoms with Crippen LogP contribution < -0.4 is 25.0 Å². The van der Waals surface area contributed by atoms with E-state index in [9.17, 15) is 9.90 Å². The number of nitrogens with zero attached hydrogens (tertiary/aromatic N) is 2. The van der Waals surface area contributed by atoms with Crippen molar-refractivity contribution in [1.82, 2.24) is 0 Å². The molecule has 0 aliphatic carbocycles. The van der Waals surface area contributed by atoms with Gasteiger partial charge >= 0.3 is 0 Å². The average molecular weight is 622 g/mol. The SMILES string of the molecule is CCc1ccc(OCC(=O)Nc2cc(O)c(N=COc3ccccc3Cl)cc2Nc2ccc(N(CC)CC)cc2)c(Cl)c1. The highest BCUT2D eigenvalue weighted by Gasteiger charge is 2.14. The third-order valence-corrected chi connectivity index (χ3v) is 7.24. The van der Waals surface area contributed by atoms with Crippen LogP contribution in [0.2, 0.25) is 10.0 Å². The van der Waals surface area contributed by atoms with Crippen molar-refractivity contribution in [3.05, 3.63) is 94.5 Å². The van der Waals surface area contributed by atoms with E-state index in [0.717, 1.165) is 36.4 Å². The van der Waals surface area contributed by atoms with Crippen LogP contribution in [0.25, 0.3) is 0 Å². The lowest BCUT2D eigenvalue weighted by atomic mass is 10.2. The first kappa shape index (κ1) is 31.5. The molecule has 0 spiro atoms. The highest BCUT2D eigenvalue weighted by Crippen LogP contribution is 2.38. The Morgan fingerprint density at radius 2 is 1.65 bits per heavy atom. The van der Waals surface area contributed by atoms with Gasteiger partial charge in [0.15, 0.2) is 13.0 Å². The lowest BCUT2D eigenvalue weighted by molar-refractivity contribution is -0.118. The molecule has 0 radical (unpaired) electrons. The van der Waals surface area contributed by atoms with Gasteiger partial charge in [0, 0.05) is 30.5 Å². The topological polar surface area (TPSA) is 95.4 Å². The Balaban J connectivity index is 1.56. The standard InChI is InChI=1S/C33H34Cl2N4O4/c1-4-22-11-16-32(26(35)17-22)42-20-33(41)38-28-19-30(40)29(36-21-43-31-10-8-7-9-25(31)34)18-27(28)37-23-12-14-24(15-13-23)39(5-2)6-3/h7-19,21,37,40H,4-6,20H2,1-3H3,(H,38,41). The first-order valence-electron chi connectivity index (χ1n) is 13.9. The third-order valence-electron chi connectivity index (χ3n) is 6.64. The highest BCUT2D eigenvalue weighted by atomic mass is 35.5. The minimum absolute atomic E-state index is 0.171. The number of anilines is 4. The Morgan fingerprint density at radius 3 is 2.33 bits per heavy atom. The quantitative estimate of drug-likeness (QED) is 0.0786.